The van der Waals surface area contributed by atoms with Crippen LogP contribution in [0, 0.1) is 0 Å². The van der Waals surface area contributed by atoms with Crippen LogP contribution in [0.3, 0.4) is 0 Å². The number of nitrogens with zero attached hydrogens (tertiary/aromatic N) is 1. The Kier molecular flexibility index (Phi) is 10.4. The van der Waals surface area contributed by atoms with E-state index in [9.17, 15) is 0 Å². The summed E-state index contributed by atoms with van der Waals surface area (Å²) in [5, 5.41) is 11.0. The topological polar surface area (TPSA) is 39.3 Å². The van der Waals surface area contributed by atoms with E-state index in [2.05, 4.69) is 67.7 Å². The summed E-state index contributed by atoms with van der Waals surface area (Å²) in [7, 11) is 0. The molecular formula is C16H35N4Ti. The van der Waals surface area contributed by atoms with Crippen molar-refractivity contribution in [2.45, 2.75) is 77.5 Å². The fraction of sp³-hybridized carbons (Fsp3) is 1.00. The van der Waals surface area contributed by atoms with Crippen molar-refractivity contribution in [2.75, 3.05) is 26.2 Å². The molecule has 1 heterocycles. The van der Waals surface area contributed by atoms with Crippen LogP contribution in [-0.2, 0) is 20.7 Å². The molecule has 0 spiro atoms. The summed E-state index contributed by atoms with van der Waals surface area (Å²) in [4.78, 5) is 0. The van der Waals surface area contributed by atoms with Crippen LogP contribution in [0.5, 0.6) is 0 Å². The maximum absolute atomic E-state index is 3.66. The molecule has 0 amide bonds. The van der Waals surface area contributed by atoms with E-state index in [1.807, 2.05) is 0 Å². The molecule has 1 aliphatic rings. The van der Waals surface area contributed by atoms with Gasteiger partial charge in [0.1, 0.15) is 0 Å². The number of rotatable bonds is 0. The molecule has 0 aromatic carbocycles. The number of nitrogens with one attached hydrogen (secondary N) is 3. The van der Waals surface area contributed by atoms with Crippen molar-refractivity contribution >= 4 is 0 Å². The predicted octanol–water partition coefficient (Wildman–Crippen LogP) is 1.65. The van der Waals surface area contributed by atoms with Crippen molar-refractivity contribution in [3.8, 4) is 0 Å². The number of hydrogen-bond acceptors (Lipinski definition) is 4. The summed E-state index contributed by atoms with van der Waals surface area (Å²) in [6, 6.07) is 2.47. The Bertz CT molecular complexity index is 265. The van der Waals surface area contributed by atoms with Gasteiger partial charge in [0.15, 0.2) is 0 Å². The van der Waals surface area contributed by atoms with Crippen LogP contribution in [0.2, 0.25) is 0 Å². The van der Waals surface area contributed by atoms with E-state index in [1.165, 1.54) is 32.2 Å². The second kappa shape index (κ2) is 11.1. The fourth-order valence-corrected chi connectivity index (χ4v) is 3.05. The van der Waals surface area contributed by atoms with Crippen LogP contribution >= 0.6 is 0 Å². The van der Waals surface area contributed by atoms with E-state index in [0.29, 0.717) is 24.2 Å². The van der Waals surface area contributed by atoms with Gasteiger partial charge in [0.25, 0.3) is 0 Å². The third-order valence-electron chi connectivity index (χ3n) is 4.53. The second-order valence-corrected chi connectivity index (χ2v) is 7.66. The normalized spacial score (nSPS) is 36.3. The first kappa shape index (κ1) is 19.6. The molecule has 21 heavy (non-hydrogen) atoms. The molecule has 0 saturated carbocycles. The zero-order chi connectivity index (χ0) is 15.7. The van der Waals surface area contributed by atoms with Crippen LogP contribution < -0.4 is 16.0 Å². The summed E-state index contributed by atoms with van der Waals surface area (Å²) in [6.45, 7) is 13.8. The molecular weight excluding hydrogens is 296 g/mol. The van der Waals surface area contributed by atoms with E-state index in [0.717, 1.165) is 19.6 Å². The quantitative estimate of drug-likeness (QED) is 0.590. The molecule has 5 heteroatoms. The van der Waals surface area contributed by atoms with Crippen LogP contribution in [0.25, 0.3) is 0 Å². The first-order valence-corrected chi connectivity index (χ1v) is 9.37. The van der Waals surface area contributed by atoms with E-state index < -0.39 is 0 Å². The Morgan fingerprint density at radius 1 is 0.714 bits per heavy atom. The average molecular weight is 331 g/mol. The van der Waals surface area contributed by atoms with Crippen molar-refractivity contribution < 1.29 is 20.7 Å². The molecule has 0 aromatic heterocycles. The van der Waals surface area contributed by atoms with Gasteiger partial charge in [0, 0.05) is 0 Å². The van der Waals surface area contributed by atoms with Gasteiger partial charge in [-0.25, -0.2) is 0 Å². The monoisotopic (exact) mass is 331 g/mol. The van der Waals surface area contributed by atoms with E-state index in [4.69, 9.17) is 0 Å². The zero-order valence-electron chi connectivity index (χ0n) is 14.4. The molecule has 3 N–H and O–H groups in total. The predicted molar refractivity (Wildman–Crippen MR) is 87.0 cm³/mol. The van der Waals surface area contributed by atoms with Gasteiger partial charge in [-0.15, -0.1) is 0 Å². The Labute approximate surface area is 143 Å². The van der Waals surface area contributed by atoms with Crippen LogP contribution in [0.1, 0.15) is 53.4 Å². The molecule has 0 aromatic rings. The molecule has 4 nitrogen and oxygen atoms in total. The second-order valence-electron chi connectivity index (χ2n) is 6.76. The van der Waals surface area contributed by atoms with Crippen molar-refractivity contribution in [1.29, 1.82) is 0 Å². The van der Waals surface area contributed by atoms with Crippen LogP contribution in [0.4, 0.5) is 0 Å². The molecule has 1 aliphatic heterocycles. The summed E-state index contributed by atoms with van der Waals surface area (Å²) in [5.41, 5.74) is 0. The van der Waals surface area contributed by atoms with E-state index >= 15 is 0 Å². The van der Waals surface area contributed by atoms with Crippen LogP contribution in [-0.4, -0.2) is 53.7 Å². The van der Waals surface area contributed by atoms with Crippen molar-refractivity contribution in [3.63, 3.8) is 0 Å². The summed E-state index contributed by atoms with van der Waals surface area (Å²) >= 11 is 2.26. The summed E-state index contributed by atoms with van der Waals surface area (Å²) in [6.07, 6.45) is 4.87. The standard InChI is InChI=1S/C16H35N4.Ti/c1-13-5-9-18-15(3)7-11-20-16(4)8-12-19-14(2)6-10-17-13;/h13-19H,5-12H2,1-4H3;/q-1;+1. The first-order chi connectivity index (χ1) is 9.99. The molecule has 1 fully saturated rings. The summed E-state index contributed by atoms with van der Waals surface area (Å²) in [5.74, 6) is 0. The third kappa shape index (κ3) is 9.32. The van der Waals surface area contributed by atoms with Gasteiger partial charge in [0.05, 0.1) is 0 Å². The Morgan fingerprint density at radius 3 is 1.67 bits per heavy atom. The Morgan fingerprint density at radius 2 is 1.14 bits per heavy atom. The molecule has 0 bridgehead atoms. The summed E-state index contributed by atoms with van der Waals surface area (Å²) < 4.78 is 2.50. The van der Waals surface area contributed by atoms with Crippen LogP contribution in [0.15, 0.2) is 0 Å². The van der Waals surface area contributed by atoms with Gasteiger partial charge in [-0.3, -0.25) is 0 Å². The minimum absolute atomic E-state index is 0.604. The number of hydrogen-bond donors (Lipinski definition) is 3. The molecule has 4 unspecified atom stereocenters. The molecule has 4 atom stereocenters. The maximum atomic E-state index is 3.66. The van der Waals surface area contributed by atoms with E-state index in [1.54, 1.807) is 0 Å². The van der Waals surface area contributed by atoms with Gasteiger partial charge in [-0.2, -0.15) is 0 Å². The SMILES string of the molecule is CC1CCNC(C)CC[N]([Ti])C(C)CCNC(C)CCN1. The van der Waals surface area contributed by atoms with Gasteiger partial charge >= 0.3 is 144 Å². The third-order valence-corrected chi connectivity index (χ3v) is 5.57. The fourth-order valence-electron chi connectivity index (χ4n) is 2.65. The molecule has 1 rings (SSSR count). The molecule has 123 valence electrons. The average Bonchev–Trinajstić information content (AvgIpc) is 2.43. The Hall–Kier alpha value is 0.554. The van der Waals surface area contributed by atoms with Crippen molar-refractivity contribution in [3.05, 3.63) is 0 Å². The van der Waals surface area contributed by atoms with E-state index in [-0.39, 0.29) is 0 Å². The Balaban J connectivity index is 2.43. The van der Waals surface area contributed by atoms with Crippen molar-refractivity contribution in [1.82, 2.24) is 19.3 Å². The molecule has 1 saturated heterocycles. The first-order valence-electron chi connectivity index (χ1n) is 8.67. The van der Waals surface area contributed by atoms with Gasteiger partial charge in [0.2, 0.25) is 0 Å². The molecule has 0 aliphatic carbocycles. The zero-order valence-corrected chi connectivity index (χ0v) is 16.0. The van der Waals surface area contributed by atoms with Crippen molar-refractivity contribution in [2.24, 2.45) is 0 Å². The molecule has 0 radical (unpaired) electrons. The minimum atomic E-state index is 0.604. The van der Waals surface area contributed by atoms with Gasteiger partial charge < -0.3 is 0 Å². The van der Waals surface area contributed by atoms with Gasteiger partial charge in [-0.05, 0) is 0 Å². The van der Waals surface area contributed by atoms with Gasteiger partial charge in [-0.1, -0.05) is 0 Å².